The third-order valence-electron chi connectivity index (χ3n) is 3.46. The molecular weight excluding hydrogens is 328 g/mol. The first kappa shape index (κ1) is 20.1. The summed E-state index contributed by atoms with van der Waals surface area (Å²) in [7, 11) is 2.42. The molecule has 1 rings (SSSR count). The molecule has 0 saturated heterocycles. The Bertz CT molecular complexity index is 617. The SMILES string of the molecule is COC(=O)[C@@H](C)C[C@@H](NC(=O)CNC(=O)c1ccccc1)C(=O)OC. The number of amides is 2. The highest BCUT2D eigenvalue weighted by molar-refractivity contribution is 5.96. The first-order valence-corrected chi connectivity index (χ1v) is 7.67. The van der Waals surface area contributed by atoms with E-state index in [9.17, 15) is 19.2 Å². The molecule has 0 fully saturated rings. The summed E-state index contributed by atoms with van der Waals surface area (Å²) in [5.74, 6) is -2.77. The minimum Gasteiger partial charge on any atom is -0.469 e. The van der Waals surface area contributed by atoms with Crippen LogP contribution in [-0.2, 0) is 23.9 Å². The highest BCUT2D eigenvalue weighted by Crippen LogP contribution is 2.09. The third-order valence-corrected chi connectivity index (χ3v) is 3.46. The number of hydrogen-bond acceptors (Lipinski definition) is 6. The lowest BCUT2D eigenvalue weighted by Gasteiger charge is -2.19. The Morgan fingerprint density at radius 1 is 1.00 bits per heavy atom. The molecule has 0 aromatic heterocycles. The predicted octanol–water partition coefficient (Wildman–Crippen LogP) is 0.273. The van der Waals surface area contributed by atoms with Gasteiger partial charge in [0.2, 0.25) is 5.91 Å². The van der Waals surface area contributed by atoms with Crippen LogP contribution in [0.5, 0.6) is 0 Å². The minimum absolute atomic E-state index is 0.0255. The summed E-state index contributed by atoms with van der Waals surface area (Å²) in [5, 5.41) is 4.90. The average molecular weight is 350 g/mol. The van der Waals surface area contributed by atoms with E-state index in [4.69, 9.17) is 0 Å². The van der Waals surface area contributed by atoms with Gasteiger partial charge in [-0.05, 0) is 18.6 Å². The molecule has 8 heteroatoms. The van der Waals surface area contributed by atoms with E-state index >= 15 is 0 Å². The number of esters is 2. The highest BCUT2D eigenvalue weighted by Gasteiger charge is 2.27. The Labute approximate surface area is 145 Å². The van der Waals surface area contributed by atoms with Gasteiger partial charge in [-0.3, -0.25) is 14.4 Å². The maximum atomic E-state index is 12.0. The summed E-state index contributed by atoms with van der Waals surface area (Å²) >= 11 is 0. The van der Waals surface area contributed by atoms with E-state index in [2.05, 4.69) is 20.1 Å². The normalized spacial score (nSPS) is 12.4. The zero-order chi connectivity index (χ0) is 18.8. The molecule has 2 atom stereocenters. The smallest absolute Gasteiger partial charge is 0.328 e. The van der Waals surface area contributed by atoms with Crippen LogP contribution in [0.1, 0.15) is 23.7 Å². The van der Waals surface area contributed by atoms with E-state index in [0.717, 1.165) is 0 Å². The Balaban J connectivity index is 2.58. The second-order valence-electron chi connectivity index (χ2n) is 5.35. The van der Waals surface area contributed by atoms with Crippen LogP contribution in [0, 0.1) is 5.92 Å². The molecule has 0 aliphatic carbocycles. The van der Waals surface area contributed by atoms with Gasteiger partial charge in [0, 0.05) is 5.56 Å². The van der Waals surface area contributed by atoms with Crippen molar-refractivity contribution in [1.29, 1.82) is 0 Å². The van der Waals surface area contributed by atoms with Crippen molar-refractivity contribution >= 4 is 23.8 Å². The summed E-state index contributed by atoms with van der Waals surface area (Å²) in [4.78, 5) is 47.1. The number of rotatable bonds is 8. The predicted molar refractivity (Wildman–Crippen MR) is 88.5 cm³/mol. The monoisotopic (exact) mass is 350 g/mol. The zero-order valence-corrected chi connectivity index (χ0v) is 14.4. The van der Waals surface area contributed by atoms with Crippen LogP contribution in [0.25, 0.3) is 0 Å². The summed E-state index contributed by atoms with van der Waals surface area (Å²) in [6, 6.07) is 7.39. The highest BCUT2D eigenvalue weighted by atomic mass is 16.5. The third kappa shape index (κ3) is 6.62. The number of nitrogens with one attached hydrogen (secondary N) is 2. The molecule has 8 nitrogen and oxygen atoms in total. The van der Waals surface area contributed by atoms with Crippen LogP contribution in [0.3, 0.4) is 0 Å². The van der Waals surface area contributed by atoms with Gasteiger partial charge in [0.15, 0.2) is 0 Å². The molecular formula is C17H22N2O6. The van der Waals surface area contributed by atoms with Gasteiger partial charge < -0.3 is 20.1 Å². The summed E-state index contributed by atoms with van der Waals surface area (Å²) < 4.78 is 9.23. The maximum absolute atomic E-state index is 12.0. The van der Waals surface area contributed by atoms with E-state index in [1.165, 1.54) is 14.2 Å². The number of carbonyl (C=O) groups excluding carboxylic acids is 4. The van der Waals surface area contributed by atoms with E-state index < -0.39 is 35.7 Å². The Morgan fingerprint density at radius 2 is 1.60 bits per heavy atom. The van der Waals surface area contributed by atoms with Gasteiger partial charge in [-0.1, -0.05) is 25.1 Å². The number of carbonyl (C=O) groups is 4. The fourth-order valence-corrected chi connectivity index (χ4v) is 2.10. The lowest BCUT2D eigenvalue weighted by atomic mass is 10.0. The van der Waals surface area contributed by atoms with Crippen LogP contribution in [0.4, 0.5) is 0 Å². The van der Waals surface area contributed by atoms with Gasteiger partial charge in [0.1, 0.15) is 6.04 Å². The molecule has 0 spiro atoms. The van der Waals surface area contributed by atoms with Crippen molar-refractivity contribution in [2.45, 2.75) is 19.4 Å². The fourth-order valence-electron chi connectivity index (χ4n) is 2.10. The van der Waals surface area contributed by atoms with Gasteiger partial charge in [0.05, 0.1) is 26.7 Å². The number of methoxy groups -OCH3 is 2. The van der Waals surface area contributed by atoms with Crippen molar-refractivity contribution in [2.75, 3.05) is 20.8 Å². The largest absolute Gasteiger partial charge is 0.469 e. The molecule has 2 N–H and O–H groups in total. The molecule has 25 heavy (non-hydrogen) atoms. The lowest BCUT2D eigenvalue weighted by Crippen LogP contribution is -2.47. The molecule has 0 unspecified atom stereocenters. The molecule has 0 saturated carbocycles. The standard InChI is InChI=1S/C17H22N2O6/c1-11(16(22)24-2)9-13(17(23)25-3)19-14(20)10-18-15(21)12-7-5-4-6-8-12/h4-8,11,13H,9-10H2,1-3H3,(H,18,21)(H,19,20)/t11-,13+/m0/s1. The Morgan fingerprint density at radius 3 is 2.16 bits per heavy atom. The maximum Gasteiger partial charge on any atom is 0.328 e. The number of benzene rings is 1. The fraction of sp³-hybridized carbons (Fsp3) is 0.412. The first-order valence-electron chi connectivity index (χ1n) is 7.67. The van der Waals surface area contributed by atoms with Gasteiger partial charge >= 0.3 is 11.9 Å². The van der Waals surface area contributed by atoms with Gasteiger partial charge in [-0.15, -0.1) is 0 Å². The topological polar surface area (TPSA) is 111 Å². The van der Waals surface area contributed by atoms with Crippen molar-refractivity contribution in [1.82, 2.24) is 10.6 Å². The molecule has 0 heterocycles. The van der Waals surface area contributed by atoms with E-state index in [1.807, 2.05) is 0 Å². The van der Waals surface area contributed by atoms with Crippen molar-refractivity contribution in [3.8, 4) is 0 Å². The summed E-state index contributed by atoms with van der Waals surface area (Å²) in [5.41, 5.74) is 0.416. The number of hydrogen-bond donors (Lipinski definition) is 2. The molecule has 136 valence electrons. The molecule has 0 aliphatic heterocycles. The van der Waals surface area contributed by atoms with Crippen LogP contribution >= 0.6 is 0 Å². The van der Waals surface area contributed by atoms with Crippen molar-refractivity contribution in [3.05, 3.63) is 35.9 Å². The molecule has 0 bridgehead atoms. The van der Waals surface area contributed by atoms with Crippen LogP contribution in [0.15, 0.2) is 30.3 Å². The molecule has 2 amide bonds. The molecule has 0 aliphatic rings. The Hall–Kier alpha value is -2.90. The van der Waals surface area contributed by atoms with Gasteiger partial charge in [0.25, 0.3) is 5.91 Å². The molecule has 1 aromatic carbocycles. The lowest BCUT2D eigenvalue weighted by molar-refractivity contribution is -0.148. The first-order chi connectivity index (χ1) is 11.9. The summed E-state index contributed by atoms with van der Waals surface area (Å²) in [6.07, 6.45) is 0.0255. The van der Waals surface area contributed by atoms with Crippen molar-refractivity contribution in [3.63, 3.8) is 0 Å². The summed E-state index contributed by atoms with van der Waals surface area (Å²) in [6.45, 7) is 1.26. The van der Waals surface area contributed by atoms with Crippen LogP contribution < -0.4 is 10.6 Å². The van der Waals surface area contributed by atoms with Crippen LogP contribution in [-0.4, -0.2) is 50.6 Å². The minimum atomic E-state index is -1.01. The van der Waals surface area contributed by atoms with Crippen molar-refractivity contribution < 1.29 is 28.7 Å². The average Bonchev–Trinajstić information content (AvgIpc) is 2.64. The molecule has 0 radical (unpaired) electrons. The van der Waals surface area contributed by atoms with E-state index in [-0.39, 0.29) is 13.0 Å². The van der Waals surface area contributed by atoms with E-state index in [0.29, 0.717) is 5.56 Å². The van der Waals surface area contributed by atoms with Gasteiger partial charge in [-0.2, -0.15) is 0 Å². The second kappa shape index (κ2) is 10.1. The zero-order valence-electron chi connectivity index (χ0n) is 14.4. The Kier molecular flexibility index (Phi) is 8.11. The van der Waals surface area contributed by atoms with E-state index in [1.54, 1.807) is 37.3 Å². The molecule has 1 aromatic rings. The quantitative estimate of drug-likeness (QED) is 0.651. The van der Waals surface area contributed by atoms with Gasteiger partial charge in [-0.25, -0.2) is 4.79 Å². The van der Waals surface area contributed by atoms with Crippen LogP contribution in [0.2, 0.25) is 0 Å². The number of ether oxygens (including phenoxy) is 2. The van der Waals surface area contributed by atoms with Crippen molar-refractivity contribution in [2.24, 2.45) is 5.92 Å². The second-order valence-corrected chi connectivity index (χ2v) is 5.35.